The zero-order chi connectivity index (χ0) is 12.9. The van der Waals surface area contributed by atoms with Crippen molar-refractivity contribution in [2.24, 2.45) is 5.41 Å². The van der Waals surface area contributed by atoms with Gasteiger partial charge in [-0.25, -0.2) is 0 Å². The van der Waals surface area contributed by atoms with Gasteiger partial charge in [-0.15, -0.1) is 0 Å². The highest BCUT2D eigenvalue weighted by Crippen LogP contribution is 2.50. The molecule has 0 atom stereocenters. The molecule has 3 nitrogen and oxygen atoms in total. The van der Waals surface area contributed by atoms with E-state index >= 15 is 0 Å². The first-order valence-corrected chi connectivity index (χ1v) is 6.60. The van der Waals surface area contributed by atoms with E-state index in [1.54, 1.807) is 0 Å². The molecule has 0 bridgehead atoms. The molecular weight excluding hydrogens is 226 g/mol. The number of carbonyl (C=O) groups excluding carboxylic acids is 1. The Kier molecular flexibility index (Phi) is 2.40. The fourth-order valence-electron chi connectivity index (χ4n) is 3.49. The number of nitrogens with zero attached hydrogens (tertiary/aromatic N) is 1. The van der Waals surface area contributed by atoms with Crippen LogP contribution in [0.1, 0.15) is 36.0 Å². The van der Waals surface area contributed by atoms with Gasteiger partial charge in [-0.1, -0.05) is 6.42 Å². The van der Waals surface area contributed by atoms with Crippen molar-refractivity contribution in [1.82, 2.24) is 0 Å². The molecule has 1 spiro atoms. The van der Waals surface area contributed by atoms with Crippen LogP contribution in [0, 0.1) is 19.3 Å². The monoisotopic (exact) mass is 245 g/mol. The number of benzene rings is 1. The first-order chi connectivity index (χ1) is 8.56. The van der Waals surface area contributed by atoms with Gasteiger partial charge in [0.05, 0.1) is 5.69 Å². The van der Waals surface area contributed by atoms with Crippen molar-refractivity contribution in [1.29, 1.82) is 0 Å². The summed E-state index contributed by atoms with van der Waals surface area (Å²) in [6, 6.07) is 1.85. The molecule has 2 aliphatic rings. The molecule has 1 aliphatic heterocycles. The molecule has 1 heterocycles. The predicted octanol–water partition coefficient (Wildman–Crippen LogP) is 2.70. The van der Waals surface area contributed by atoms with Gasteiger partial charge in [0.1, 0.15) is 5.75 Å². The number of hydrogen-bond acceptors (Lipinski definition) is 2. The minimum absolute atomic E-state index is 0.280. The van der Waals surface area contributed by atoms with Gasteiger partial charge in [0.2, 0.25) is 6.41 Å². The van der Waals surface area contributed by atoms with Crippen LogP contribution in [-0.4, -0.2) is 18.1 Å². The second-order valence-electron chi connectivity index (χ2n) is 5.92. The Balaban J connectivity index is 2.14. The molecule has 96 valence electrons. The molecule has 0 unspecified atom stereocenters. The van der Waals surface area contributed by atoms with Crippen LogP contribution in [0.15, 0.2) is 6.07 Å². The van der Waals surface area contributed by atoms with Crippen LogP contribution in [0.25, 0.3) is 0 Å². The van der Waals surface area contributed by atoms with Crippen LogP contribution in [0.5, 0.6) is 5.75 Å². The van der Waals surface area contributed by atoms with E-state index in [2.05, 4.69) is 0 Å². The zero-order valence-corrected chi connectivity index (χ0v) is 11.0. The van der Waals surface area contributed by atoms with Crippen LogP contribution in [0.3, 0.4) is 0 Å². The molecule has 0 radical (unpaired) electrons. The molecule has 1 saturated carbocycles. The van der Waals surface area contributed by atoms with Crippen molar-refractivity contribution in [3.8, 4) is 5.75 Å². The number of rotatable bonds is 1. The van der Waals surface area contributed by atoms with Crippen molar-refractivity contribution in [3.05, 3.63) is 22.8 Å². The van der Waals surface area contributed by atoms with Gasteiger partial charge in [-0.05, 0) is 61.3 Å². The van der Waals surface area contributed by atoms with Crippen LogP contribution in [-0.2, 0) is 11.2 Å². The number of aromatic hydroxyl groups is 1. The summed E-state index contributed by atoms with van der Waals surface area (Å²) < 4.78 is 0. The first kappa shape index (κ1) is 11.6. The Bertz CT molecular complexity index is 518. The van der Waals surface area contributed by atoms with Crippen molar-refractivity contribution in [2.45, 2.75) is 39.5 Å². The third-order valence-corrected chi connectivity index (χ3v) is 4.82. The number of phenolic OH excluding ortho intramolecular Hbond substituents is 1. The Morgan fingerprint density at radius 2 is 2.06 bits per heavy atom. The van der Waals surface area contributed by atoms with Crippen molar-refractivity contribution in [3.63, 3.8) is 0 Å². The summed E-state index contributed by atoms with van der Waals surface area (Å²) in [6.07, 6.45) is 5.61. The molecule has 1 aliphatic carbocycles. The van der Waals surface area contributed by atoms with Crippen molar-refractivity contribution >= 4 is 12.1 Å². The summed E-state index contributed by atoms with van der Waals surface area (Å²) in [5.41, 5.74) is 4.35. The third-order valence-electron chi connectivity index (χ3n) is 4.82. The van der Waals surface area contributed by atoms with Crippen molar-refractivity contribution in [2.75, 3.05) is 11.4 Å². The molecule has 0 aromatic heterocycles. The number of carbonyl (C=O) groups is 1. The highest BCUT2D eigenvalue weighted by atomic mass is 16.3. The highest BCUT2D eigenvalue weighted by molar-refractivity contribution is 5.82. The van der Waals surface area contributed by atoms with Crippen LogP contribution in [0.4, 0.5) is 5.69 Å². The van der Waals surface area contributed by atoms with Gasteiger partial charge in [-0.2, -0.15) is 0 Å². The smallest absolute Gasteiger partial charge is 0.214 e. The molecule has 0 saturated heterocycles. The van der Waals surface area contributed by atoms with E-state index in [0.29, 0.717) is 5.75 Å². The maximum absolute atomic E-state index is 11.4. The summed E-state index contributed by atoms with van der Waals surface area (Å²) in [7, 11) is 0. The van der Waals surface area contributed by atoms with E-state index in [1.165, 1.54) is 19.3 Å². The molecule has 1 aromatic carbocycles. The number of fused-ring (bicyclic) bond motifs is 1. The minimum atomic E-state index is 0.280. The number of amides is 1. The van der Waals surface area contributed by atoms with E-state index in [9.17, 15) is 9.90 Å². The Morgan fingerprint density at radius 1 is 1.33 bits per heavy atom. The molecular formula is C15H19NO2. The Labute approximate surface area is 107 Å². The summed E-state index contributed by atoms with van der Waals surface area (Å²) in [5, 5.41) is 9.97. The van der Waals surface area contributed by atoms with Crippen LogP contribution < -0.4 is 4.90 Å². The van der Waals surface area contributed by atoms with Crippen LogP contribution >= 0.6 is 0 Å². The van der Waals surface area contributed by atoms with Crippen LogP contribution in [0.2, 0.25) is 0 Å². The normalized spacial score (nSPS) is 20.4. The van der Waals surface area contributed by atoms with Crippen molar-refractivity contribution < 1.29 is 9.90 Å². The van der Waals surface area contributed by atoms with E-state index in [-0.39, 0.29) is 5.41 Å². The Hall–Kier alpha value is -1.51. The molecule has 3 heteroatoms. The Morgan fingerprint density at radius 3 is 2.61 bits per heavy atom. The van der Waals surface area contributed by atoms with Gasteiger partial charge >= 0.3 is 0 Å². The maximum atomic E-state index is 11.4. The average molecular weight is 245 g/mol. The largest absolute Gasteiger partial charge is 0.508 e. The second-order valence-corrected chi connectivity index (χ2v) is 5.92. The lowest BCUT2D eigenvalue weighted by atomic mass is 9.63. The second kappa shape index (κ2) is 3.74. The lowest BCUT2D eigenvalue weighted by Gasteiger charge is -2.49. The third kappa shape index (κ3) is 1.46. The lowest BCUT2D eigenvalue weighted by molar-refractivity contribution is -0.108. The highest BCUT2D eigenvalue weighted by Gasteiger charge is 2.43. The average Bonchev–Trinajstić information content (AvgIpc) is 2.32. The summed E-state index contributed by atoms with van der Waals surface area (Å²) in [4.78, 5) is 13.2. The standard InChI is InChI=1S/C15H19NO2/c1-10-11(2)14-12(6-13(10)18)7-15(4-3-5-15)8-16(14)9-17/h6,9,18H,3-5,7-8H2,1-2H3. The maximum Gasteiger partial charge on any atom is 0.214 e. The fourth-order valence-corrected chi connectivity index (χ4v) is 3.49. The van der Waals surface area contributed by atoms with Gasteiger partial charge in [0.25, 0.3) is 0 Å². The zero-order valence-electron chi connectivity index (χ0n) is 11.0. The van der Waals surface area contributed by atoms with Gasteiger partial charge in [0, 0.05) is 6.54 Å². The molecule has 18 heavy (non-hydrogen) atoms. The van der Waals surface area contributed by atoms with Gasteiger partial charge in [-0.3, -0.25) is 4.79 Å². The lowest BCUT2D eigenvalue weighted by Crippen LogP contribution is -2.47. The number of anilines is 1. The summed E-state index contributed by atoms with van der Waals surface area (Å²) >= 11 is 0. The SMILES string of the molecule is Cc1c(O)cc2c(c1C)N(C=O)CC1(CCC1)C2. The molecule has 1 fully saturated rings. The van der Waals surface area contributed by atoms with Gasteiger partial charge < -0.3 is 10.0 Å². The quantitative estimate of drug-likeness (QED) is 0.773. The molecule has 3 rings (SSSR count). The van der Waals surface area contributed by atoms with E-state index in [1.807, 2.05) is 24.8 Å². The van der Waals surface area contributed by atoms with Gasteiger partial charge in [0.15, 0.2) is 0 Å². The topological polar surface area (TPSA) is 40.5 Å². The molecule has 1 N–H and O–H groups in total. The fraction of sp³-hybridized carbons (Fsp3) is 0.533. The van der Waals surface area contributed by atoms with E-state index < -0.39 is 0 Å². The summed E-state index contributed by atoms with van der Waals surface area (Å²) in [5.74, 6) is 0.355. The predicted molar refractivity (Wildman–Crippen MR) is 71.0 cm³/mol. The molecule has 1 amide bonds. The summed E-state index contributed by atoms with van der Waals surface area (Å²) in [6.45, 7) is 4.74. The minimum Gasteiger partial charge on any atom is -0.508 e. The van der Waals surface area contributed by atoms with E-state index in [0.717, 1.165) is 41.8 Å². The number of phenols is 1. The molecule has 1 aromatic rings. The van der Waals surface area contributed by atoms with E-state index in [4.69, 9.17) is 0 Å². The number of hydrogen-bond donors (Lipinski definition) is 1. The first-order valence-electron chi connectivity index (χ1n) is 6.60.